The number of nitrogens with one attached hydrogen (secondary N) is 1. The van der Waals surface area contributed by atoms with Gasteiger partial charge in [-0.05, 0) is 44.0 Å². The van der Waals surface area contributed by atoms with Crippen LogP contribution in [-0.4, -0.2) is 30.9 Å². The molecule has 3 heterocycles. The smallest absolute Gasteiger partial charge is 0.239 e. The maximum atomic E-state index is 13.1. The largest absolute Gasteiger partial charge is 0.306 e. The third-order valence-electron chi connectivity index (χ3n) is 4.60. The molecule has 1 amide bonds. The maximum absolute atomic E-state index is 13.1. The molecule has 1 aliphatic heterocycles. The number of thioether (sulfide) groups is 1. The molecule has 0 spiro atoms. The van der Waals surface area contributed by atoms with Gasteiger partial charge in [-0.3, -0.25) is 4.79 Å². The number of nitrogens with zero attached hydrogens (tertiary/aromatic N) is 4. The lowest BCUT2D eigenvalue weighted by atomic mass is 10.2. The Balaban J connectivity index is 1.40. The summed E-state index contributed by atoms with van der Waals surface area (Å²) in [4.78, 5) is 17.0. The van der Waals surface area contributed by atoms with Crippen LogP contribution in [-0.2, 0) is 17.8 Å². The van der Waals surface area contributed by atoms with Crippen LogP contribution in [0.15, 0.2) is 34.8 Å². The molecule has 0 bridgehead atoms. The zero-order valence-electron chi connectivity index (χ0n) is 15.4. The minimum Gasteiger partial charge on any atom is -0.306 e. The van der Waals surface area contributed by atoms with Crippen LogP contribution in [0.2, 0.25) is 0 Å². The molecule has 6 nitrogen and oxygen atoms in total. The first-order chi connectivity index (χ1) is 13.6. The molecule has 3 aromatic rings. The van der Waals surface area contributed by atoms with E-state index < -0.39 is 0 Å². The predicted molar refractivity (Wildman–Crippen MR) is 109 cm³/mol. The Morgan fingerprint density at radius 3 is 2.89 bits per heavy atom. The highest BCUT2D eigenvalue weighted by molar-refractivity contribution is 8.00. The number of aryl methyl sites for hydroxylation is 1. The van der Waals surface area contributed by atoms with Gasteiger partial charge in [0.25, 0.3) is 0 Å². The van der Waals surface area contributed by atoms with E-state index in [1.165, 1.54) is 41.7 Å². The van der Waals surface area contributed by atoms with Crippen LogP contribution in [0.4, 0.5) is 9.52 Å². The summed E-state index contributed by atoms with van der Waals surface area (Å²) in [5.41, 5.74) is 1.52. The van der Waals surface area contributed by atoms with Crippen molar-refractivity contribution in [3.63, 3.8) is 0 Å². The van der Waals surface area contributed by atoms with Crippen molar-refractivity contribution >= 4 is 34.1 Å². The molecule has 1 N–H and O–H groups in total. The number of hydrogen-bond acceptors (Lipinski definition) is 6. The second-order valence-electron chi connectivity index (χ2n) is 6.66. The van der Waals surface area contributed by atoms with Crippen LogP contribution < -0.4 is 5.32 Å². The van der Waals surface area contributed by atoms with E-state index in [9.17, 15) is 9.18 Å². The predicted octanol–water partition coefficient (Wildman–Crippen LogP) is 4.39. The standard InChI is InChI=1S/C19H20FN5OS2/c1-12(28-19-24-23-16-5-3-2-4-10-25(16)19)17(26)22-18-21-15(11-27-18)13-6-8-14(20)9-7-13/h6-9,11-12H,2-5,10H2,1H3,(H,21,22,26). The summed E-state index contributed by atoms with van der Waals surface area (Å²) >= 11 is 2.77. The number of rotatable bonds is 5. The summed E-state index contributed by atoms with van der Waals surface area (Å²) in [7, 11) is 0. The minimum absolute atomic E-state index is 0.129. The maximum Gasteiger partial charge on any atom is 0.239 e. The molecule has 0 aliphatic carbocycles. The first-order valence-electron chi connectivity index (χ1n) is 9.21. The van der Waals surface area contributed by atoms with Crippen molar-refractivity contribution in [2.75, 3.05) is 5.32 Å². The number of aromatic nitrogens is 4. The van der Waals surface area contributed by atoms with E-state index in [2.05, 4.69) is 25.1 Å². The molecular formula is C19H20FN5OS2. The Hall–Kier alpha value is -2.26. The number of thiazole rings is 1. The van der Waals surface area contributed by atoms with E-state index in [1.54, 1.807) is 12.1 Å². The van der Waals surface area contributed by atoms with E-state index in [1.807, 2.05) is 12.3 Å². The number of carbonyl (C=O) groups is 1. The molecule has 0 saturated heterocycles. The quantitative estimate of drug-likeness (QED) is 0.624. The molecule has 0 saturated carbocycles. The van der Waals surface area contributed by atoms with Gasteiger partial charge < -0.3 is 9.88 Å². The Morgan fingerprint density at radius 2 is 2.07 bits per heavy atom. The lowest BCUT2D eigenvalue weighted by molar-refractivity contribution is -0.115. The van der Waals surface area contributed by atoms with Crippen LogP contribution in [0.3, 0.4) is 0 Å². The van der Waals surface area contributed by atoms with Crippen LogP contribution in [0.25, 0.3) is 11.3 Å². The molecule has 2 aromatic heterocycles. The van der Waals surface area contributed by atoms with E-state index in [0.717, 1.165) is 42.4 Å². The average molecular weight is 418 g/mol. The van der Waals surface area contributed by atoms with E-state index in [4.69, 9.17) is 0 Å². The first kappa shape index (κ1) is 19.1. The molecule has 146 valence electrons. The molecule has 1 aliphatic rings. The molecule has 1 unspecified atom stereocenters. The first-order valence-corrected chi connectivity index (χ1v) is 11.0. The highest BCUT2D eigenvalue weighted by Crippen LogP contribution is 2.28. The molecule has 4 rings (SSSR count). The fourth-order valence-electron chi connectivity index (χ4n) is 3.05. The van der Waals surface area contributed by atoms with E-state index >= 15 is 0 Å². The molecular weight excluding hydrogens is 397 g/mol. The number of anilines is 1. The second-order valence-corrected chi connectivity index (χ2v) is 8.82. The van der Waals surface area contributed by atoms with Gasteiger partial charge in [-0.15, -0.1) is 21.5 Å². The van der Waals surface area contributed by atoms with Gasteiger partial charge in [-0.1, -0.05) is 18.2 Å². The fraction of sp³-hybridized carbons (Fsp3) is 0.368. The van der Waals surface area contributed by atoms with Crippen LogP contribution in [0.5, 0.6) is 0 Å². The average Bonchev–Trinajstić information content (AvgIpc) is 3.22. The number of amides is 1. The Labute approximate surface area is 170 Å². The topological polar surface area (TPSA) is 72.7 Å². The third kappa shape index (κ3) is 4.25. The number of carbonyl (C=O) groups excluding carboxylic acids is 1. The zero-order chi connectivity index (χ0) is 19.5. The second kappa shape index (κ2) is 8.40. The van der Waals surface area contributed by atoms with Crippen LogP contribution >= 0.6 is 23.1 Å². The third-order valence-corrected chi connectivity index (χ3v) is 6.44. The normalized spacial score (nSPS) is 14.9. The summed E-state index contributed by atoms with van der Waals surface area (Å²) in [6.07, 6.45) is 4.40. The molecule has 1 atom stereocenters. The van der Waals surface area contributed by atoms with E-state index in [-0.39, 0.29) is 17.0 Å². The highest BCUT2D eigenvalue weighted by atomic mass is 32.2. The van der Waals surface area contributed by atoms with Gasteiger partial charge in [0.2, 0.25) is 5.91 Å². The molecule has 0 radical (unpaired) electrons. The van der Waals surface area contributed by atoms with Gasteiger partial charge in [0, 0.05) is 23.9 Å². The fourth-order valence-corrected chi connectivity index (χ4v) is 4.67. The summed E-state index contributed by atoms with van der Waals surface area (Å²) in [6.45, 7) is 2.76. The van der Waals surface area contributed by atoms with Gasteiger partial charge in [0.15, 0.2) is 10.3 Å². The van der Waals surface area contributed by atoms with Crippen LogP contribution in [0, 0.1) is 5.82 Å². The summed E-state index contributed by atoms with van der Waals surface area (Å²) < 4.78 is 15.2. The minimum atomic E-state index is -0.324. The number of benzene rings is 1. The molecule has 0 fully saturated rings. The van der Waals surface area contributed by atoms with Gasteiger partial charge in [-0.25, -0.2) is 9.37 Å². The van der Waals surface area contributed by atoms with Crippen molar-refractivity contribution in [3.8, 4) is 11.3 Å². The molecule has 1 aromatic carbocycles. The number of halogens is 1. The van der Waals surface area contributed by atoms with Gasteiger partial charge in [-0.2, -0.15) is 0 Å². The van der Waals surface area contributed by atoms with Crippen LogP contribution in [0.1, 0.15) is 32.0 Å². The molecule has 9 heteroatoms. The summed E-state index contributed by atoms with van der Waals surface area (Å²) in [5.74, 6) is 0.595. The van der Waals surface area contributed by atoms with Gasteiger partial charge >= 0.3 is 0 Å². The Kier molecular flexibility index (Phi) is 5.72. The lowest BCUT2D eigenvalue weighted by Gasteiger charge is -2.11. The van der Waals surface area contributed by atoms with Gasteiger partial charge in [0.05, 0.1) is 10.9 Å². The van der Waals surface area contributed by atoms with Crippen molar-refractivity contribution in [3.05, 3.63) is 41.3 Å². The SMILES string of the molecule is CC(Sc1nnc2n1CCCCC2)C(=O)Nc1nc(-c2ccc(F)cc2)cs1. The number of fused-ring (bicyclic) bond motifs is 1. The van der Waals surface area contributed by atoms with Crippen molar-refractivity contribution in [1.82, 2.24) is 19.7 Å². The number of hydrogen-bond donors (Lipinski definition) is 1. The zero-order valence-corrected chi connectivity index (χ0v) is 17.0. The highest BCUT2D eigenvalue weighted by Gasteiger charge is 2.22. The monoisotopic (exact) mass is 417 g/mol. The summed E-state index contributed by atoms with van der Waals surface area (Å²) in [6, 6.07) is 6.14. The van der Waals surface area contributed by atoms with Gasteiger partial charge in [0.1, 0.15) is 11.6 Å². The van der Waals surface area contributed by atoms with Crippen molar-refractivity contribution in [2.45, 2.75) is 49.6 Å². The summed E-state index contributed by atoms with van der Waals surface area (Å²) in [5, 5.41) is 14.3. The van der Waals surface area contributed by atoms with Crippen molar-refractivity contribution in [1.29, 1.82) is 0 Å². The Morgan fingerprint density at radius 1 is 1.25 bits per heavy atom. The van der Waals surface area contributed by atoms with E-state index in [0.29, 0.717) is 10.8 Å². The molecule has 28 heavy (non-hydrogen) atoms. The Bertz CT molecular complexity index is 969. The lowest BCUT2D eigenvalue weighted by Crippen LogP contribution is -2.23. The van der Waals surface area contributed by atoms with Crippen molar-refractivity contribution < 1.29 is 9.18 Å². The van der Waals surface area contributed by atoms with Crippen molar-refractivity contribution in [2.24, 2.45) is 0 Å².